The molecule has 7 nitrogen and oxygen atoms in total. The van der Waals surface area contributed by atoms with E-state index in [4.69, 9.17) is 11.6 Å². The number of halogens is 1. The minimum atomic E-state index is -0.562. The number of aromatic nitrogens is 1. The number of benzene rings is 2. The Kier molecular flexibility index (Phi) is 5.25. The Balaban J connectivity index is 1.41. The van der Waals surface area contributed by atoms with Crippen molar-refractivity contribution in [3.05, 3.63) is 68.2 Å². The second kappa shape index (κ2) is 7.83. The van der Waals surface area contributed by atoms with Crippen LogP contribution in [0.25, 0.3) is 10.2 Å². The van der Waals surface area contributed by atoms with E-state index in [-0.39, 0.29) is 22.2 Å². The summed E-state index contributed by atoms with van der Waals surface area (Å²) in [5.41, 5.74) is 0.858. The molecule has 4 rings (SSSR count). The molecule has 0 aliphatic carbocycles. The summed E-state index contributed by atoms with van der Waals surface area (Å²) in [6, 6.07) is 12.3. The number of quaternary nitrogens is 1. The minimum Gasteiger partial charge on any atom is -0.327 e. The van der Waals surface area contributed by atoms with Gasteiger partial charge in [-0.25, -0.2) is 4.98 Å². The third-order valence-electron chi connectivity index (χ3n) is 4.88. The molecule has 1 aliphatic rings. The number of para-hydroxylation sites is 1. The average molecular weight is 418 g/mol. The van der Waals surface area contributed by atoms with E-state index in [0.717, 1.165) is 30.2 Å². The van der Waals surface area contributed by atoms with Crippen LogP contribution in [0.3, 0.4) is 0 Å². The molecule has 1 saturated heterocycles. The molecule has 0 spiro atoms. The van der Waals surface area contributed by atoms with Crippen molar-refractivity contribution in [1.29, 1.82) is 0 Å². The zero-order valence-corrected chi connectivity index (χ0v) is 16.5. The molecular weight excluding hydrogens is 400 g/mol. The fourth-order valence-corrected chi connectivity index (χ4v) is 4.62. The van der Waals surface area contributed by atoms with E-state index in [1.54, 1.807) is 16.2 Å². The van der Waals surface area contributed by atoms with Crippen LogP contribution in [0.15, 0.2) is 42.5 Å². The summed E-state index contributed by atoms with van der Waals surface area (Å²) in [6.45, 7) is 3.49. The summed E-state index contributed by atoms with van der Waals surface area (Å²) in [5.74, 6) is -0.317. The monoisotopic (exact) mass is 417 g/mol. The number of nitro groups is 1. The molecule has 2 aromatic carbocycles. The number of carbonyl (C=O) groups is 1. The number of hydrogen-bond donors (Lipinski definition) is 1. The standard InChI is InChI=1S/C19H17ClN4O3S/c20-13-5-6-14(16(11-13)24(26)27)19(25)23-9-7-22(8-10-23)12-18-21-15-3-1-2-4-17(15)28-18/h1-6,11H,7-10,12H2/p+1. The lowest BCUT2D eigenvalue weighted by molar-refractivity contribution is -0.917. The van der Waals surface area contributed by atoms with Crippen LogP contribution in [0, 0.1) is 10.1 Å². The largest absolute Gasteiger partial charge is 0.327 e. The first kappa shape index (κ1) is 18.8. The second-order valence-electron chi connectivity index (χ2n) is 6.71. The number of hydrogen-bond acceptors (Lipinski definition) is 5. The molecule has 0 saturated carbocycles. The van der Waals surface area contributed by atoms with Crippen molar-refractivity contribution in [3.8, 4) is 0 Å². The Hall–Kier alpha value is -2.55. The fraction of sp³-hybridized carbons (Fsp3) is 0.263. The molecule has 0 atom stereocenters. The van der Waals surface area contributed by atoms with Gasteiger partial charge in [0.25, 0.3) is 11.6 Å². The van der Waals surface area contributed by atoms with Gasteiger partial charge in [0, 0.05) is 11.1 Å². The summed E-state index contributed by atoms with van der Waals surface area (Å²) in [5, 5.41) is 12.6. The van der Waals surface area contributed by atoms with Crippen molar-refractivity contribution in [3.63, 3.8) is 0 Å². The minimum absolute atomic E-state index is 0.0871. The topological polar surface area (TPSA) is 80.8 Å². The quantitative estimate of drug-likeness (QED) is 0.522. The van der Waals surface area contributed by atoms with E-state index in [2.05, 4.69) is 11.1 Å². The van der Waals surface area contributed by atoms with Gasteiger partial charge >= 0.3 is 0 Å². The van der Waals surface area contributed by atoms with Crippen molar-refractivity contribution in [1.82, 2.24) is 9.88 Å². The van der Waals surface area contributed by atoms with E-state index < -0.39 is 4.92 Å². The van der Waals surface area contributed by atoms with Crippen LogP contribution in [-0.2, 0) is 6.54 Å². The van der Waals surface area contributed by atoms with Crippen LogP contribution in [0.2, 0.25) is 5.02 Å². The SMILES string of the molecule is O=C(c1ccc(Cl)cc1[N+](=O)[O-])N1CC[NH+](Cc2nc3ccccc3s2)CC1. The number of nitrogens with zero attached hydrogens (tertiary/aromatic N) is 3. The third kappa shape index (κ3) is 3.84. The molecular formula is C19H18ClN4O3S+. The average Bonchev–Trinajstić information content (AvgIpc) is 3.10. The van der Waals surface area contributed by atoms with Crippen LogP contribution < -0.4 is 4.90 Å². The number of fused-ring (bicyclic) bond motifs is 1. The number of amides is 1. The highest BCUT2D eigenvalue weighted by Gasteiger charge is 2.29. The predicted octanol–water partition coefficient (Wildman–Crippen LogP) is 2.40. The first-order chi connectivity index (χ1) is 13.5. The molecule has 1 aromatic heterocycles. The number of nitro benzene ring substituents is 1. The zero-order valence-electron chi connectivity index (χ0n) is 14.9. The second-order valence-corrected chi connectivity index (χ2v) is 8.26. The lowest BCUT2D eigenvalue weighted by Gasteiger charge is -2.31. The Bertz CT molecular complexity index is 1010. The highest BCUT2D eigenvalue weighted by molar-refractivity contribution is 7.18. The van der Waals surface area contributed by atoms with Crippen molar-refractivity contribution >= 4 is 44.7 Å². The van der Waals surface area contributed by atoms with E-state index in [9.17, 15) is 14.9 Å². The van der Waals surface area contributed by atoms with Crippen LogP contribution in [0.5, 0.6) is 0 Å². The molecule has 1 fully saturated rings. The number of carbonyl (C=O) groups excluding carboxylic acids is 1. The van der Waals surface area contributed by atoms with Crippen LogP contribution in [0.1, 0.15) is 15.4 Å². The van der Waals surface area contributed by atoms with Crippen molar-refractivity contribution in [2.24, 2.45) is 0 Å². The summed E-state index contributed by atoms with van der Waals surface area (Å²) in [7, 11) is 0. The Labute approximate surface area is 170 Å². The summed E-state index contributed by atoms with van der Waals surface area (Å²) in [4.78, 5) is 31.2. The number of rotatable bonds is 4. The molecule has 9 heteroatoms. The molecule has 1 amide bonds. The predicted molar refractivity (Wildman–Crippen MR) is 108 cm³/mol. The van der Waals surface area contributed by atoms with Crippen molar-refractivity contribution in [2.75, 3.05) is 26.2 Å². The smallest absolute Gasteiger partial charge is 0.283 e. The molecule has 2 heterocycles. The van der Waals surface area contributed by atoms with Gasteiger partial charge in [0.05, 0.1) is 41.3 Å². The fourth-order valence-electron chi connectivity index (χ4n) is 3.42. The highest BCUT2D eigenvalue weighted by atomic mass is 35.5. The van der Waals surface area contributed by atoms with Gasteiger partial charge in [0.1, 0.15) is 17.1 Å². The van der Waals surface area contributed by atoms with Gasteiger partial charge in [-0.15, -0.1) is 11.3 Å². The van der Waals surface area contributed by atoms with Gasteiger partial charge in [-0.3, -0.25) is 14.9 Å². The van der Waals surface area contributed by atoms with Crippen LogP contribution in [-0.4, -0.2) is 46.9 Å². The molecule has 0 unspecified atom stereocenters. The highest BCUT2D eigenvalue weighted by Crippen LogP contribution is 2.25. The molecule has 0 bridgehead atoms. The van der Waals surface area contributed by atoms with Gasteiger partial charge in [-0.05, 0) is 24.3 Å². The number of thiazole rings is 1. The Morgan fingerprint density at radius 3 is 2.71 bits per heavy atom. The van der Waals surface area contributed by atoms with E-state index in [1.807, 2.05) is 18.2 Å². The Morgan fingerprint density at radius 2 is 2.00 bits per heavy atom. The van der Waals surface area contributed by atoms with E-state index in [0.29, 0.717) is 13.1 Å². The molecule has 3 aromatic rings. The Morgan fingerprint density at radius 1 is 1.25 bits per heavy atom. The maximum Gasteiger partial charge on any atom is 0.283 e. The van der Waals surface area contributed by atoms with E-state index in [1.165, 1.54) is 27.8 Å². The maximum absolute atomic E-state index is 12.8. The van der Waals surface area contributed by atoms with Gasteiger partial charge in [-0.1, -0.05) is 23.7 Å². The van der Waals surface area contributed by atoms with Crippen LogP contribution in [0.4, 0.5) is 5.69 Å². The number of piperazine rings is 1. The van der Waals surface area contributed by atoms with Gasteiger partial charge in [0.15, 0.2) is 0 Å². The lowest BCUT2D eigenvalue weighted by Crippen LogP contribution is -3.13. The molecule has 1 N–H and O–H groups in total. The van der Waals surface area contributed by atoms with Gasteiger partial charge in [0.2, 0.25) is 0 Å². The number of nitrogens with one attached hydrogen (secondary N) is 1. The molecule has 0 radical (unpaired) electrons. The van der Waals surface area contributed by atoms with Gasteiger partial charge in [-0.2, -0.15) is 0 Å². The van der Waals surface area contributed by atoms with Crippen molar-refractivity contribution < 1.29 is 14.6 Å². The van der Waals surface area contributed by atoms with Gasteiger partial charge < -0.3 is 9.80 Å². The van der Waals surface area contributed by atoms with Crippen molar-refractivity contribution in [2.45, 2.75) is 6.54 Å². The van der Waals surface area contributed by atoms with E-state index >= 15 is 0 Å². The molecule has 28 heavy (non-hydrogen) atoms. The summed E-state index contributed by atoms with van der Waals surface area (Å²) < 4.78 is 1.18. The zero-order chi connectivity index (χ0) is 19.7. The lowest BCUT2D eigenvalue weighted by atomic mass is 10.1. The van der Waals surface area contributed by atoms with Crippen LogP contribution >= 0.6 is 22.9 Å². The molecule has 144 valence electrons. The molecule has 1 aliphatic heterocycles. The third-order valence-corrected chi connectivity index (χ3v) is 6.16. The first-order valence-electron chi connectivity index (χ1n) is 8.92. The summed E-state index contributed by atoms with van der Waals surface area (Å²) >= 11 is 7.54. The first-order valence-corrected chi connectivity index (χ1v) is 10.1. The summed E-state index contributed by atoms with van der Waals surface area (Å²) in [6.07, 6.45) is 0. The maximum atomic E-state index is 12.8. The normalized spacial score (nSPS) is 15.1.